The Kier molecular flexibility index (Phi) is 6.01. The van der Waals surface area contributed by atoms with Crippen LogP contribution in [-0.4, -0.2) is 4.57 Å². The Morgan fingerprint density at radius 2 is 1.47 bits per heavy atom. The van der Waals surface area contributed by atoms with Crippen LogP contribution >= 0.6 is 0 Å². The molecule has 0 radical (unpaired) electrons. The van der Waals surface area contributed by atoms with Crippen molar-refractivity contribution in [3.63, 3.8) is 0 Å². The molecule has 8 aromatic rings. The molecule has 3 heterocycles. The van der Waals surface area contributed by atoms with Gasteiger partial charge in [-0.25, -0.2) is 0 Å². The van der Waals surface area contributed by atoms with E-state index in [9.17, 15) is 0 Å². The number of nitrogens with zero attached hydrogens (tertiary/aromatic N) is 1. The average molecular weight is 654 g/mol. The van der Waals surface area contributed by atoms with Gasteiger partial charge in [0.05, 0.1) is 16.7 Å². The maximum Gasteiger partial charge on any atom is 0.136 e. The minimum Gasteiger partial charge on any atom is -0.456 e. The molecule has 0 bridgehead atoms. The minimum atomic E-state index is 0.526. The summed E-state index contributed by atoms with van der Waals surface area (Å²) in [7, 11) is 0. The van der Waals surface area contributed by atoms with Gasteiger partial charge in [0.15, 0.2) is 0 Å². The van der Waals surface area contributed by atoms with Gasteiger partial charge in [-0.2, -0.15) is 0 Å². The van der Waals surface area contributed by atoms with Crippen LogP contribution in [0.3, 0.4) is 0 Å². The fourth-order valence-corrected chi connectivity index (χ4v) is 9.26. The Morgan fingerprint density at radius 1 is 0.667 bits per heavy atom. The highest BCUT2D eigenvalue weighted by molar-refractivity contribution is 6.20. The maximum absolute atomic E-state index is 6.36. The highest BCUT2D eigenvalue weighted by Crippen LogP contribution is 2.51. The number of furan rings is 1. The standard InChI is InChI=1S/C49H35NO/c1-29-12-3-4-14-33(29)36-19-10-17-34(36)31-24-25-44-42(26-31)47-30(2)13-9-20-38(47)41-28-32(27-40-37-15-5-7-21-43(37)50(44)49(40)41)35-18-11-23-46-48(35)39-16-6-8-22-45(39)51-46/h3-11,13-18,20-29H,12,19H2,1-2H3. The van der Waals surface area contributed by atoms with Crippen molar-refractivity contribution in [3.8, 4) is 39.1 Å². The zero-order valence-corrected chi connectivity index (χ0v) is 28.7. The smallest absolute Gasteiger partial charge is 0.136 e. The lowest BCUT2D eigenvalue weighted by atomic mass is 9.84. The lowest BCUT2D eigenvalue weighted by molar-refractivity contribution is 0.669. The van der Waals surface area contributed by atoms with Crippen LogP contribution in [0.25, 0.3) is 88.4 Å². The molecule has 51 heavy (non-hydrogen) atoms. The summed E-state index contributed by atoms with van der Waals surface area (Å²) in [6, 6.07) is 42.7. The molecule has 0 saturated heterocycles. The molecule has 0 amide bonds. The first kappa shape index (κ1) is 28.7. The summed E-state index contributed by atoms with van der Waals surface area (Å²) in [5.74, 6) is 0.526. The van der Waals surface area contributed by atoms with Gasteiger partial charge in [0, 0.05) is 32.7 Å². The van der Waals surface area contributed by atoms with Crippen LogP contribution in [-0.2, 0) is 0 Å². The Bertz CT molecular complexity index is 2940. The zero-order valence-electron chi connectivity index (χ0n) is 28.7. The normalized spacial score (nSPS) is 16.4. The number of para-hydroxylation sites is 2. The zero-order chi connectivity index (χ0) is 33.8. The molecule has 11 rings (SSSR count). The van der Waals surface area contributed by atoms with E-state index in [0.29, 0.717) is 5.92 Å². The van der Waals surface area contributed by atoms with Crippen molar-refractivity contribution < 1.29 is 4.42 Å². The first-order valence-corrected chi connectivity index (χ1v) is 18.1. The van der Waals surface area contributed by atoms with E-state index in [1.807, 2.05) is 6.07 Å². The van der Waals surface area contributed by atoms with Crippen molar-refractivity contribution in [3.05, 3.63) is 168 Å². The Balaban J connectivity index is 1.23. The number of hydrogen-bond donors (Lipinski definition) is 0. The van der Waals surface area contributed by atoms with E-state index in [1.165, 1.54) is 94.1 Å². The molecular weight excluding hydrogens is 619 g/mol. The fraction of sp³-hybridized carbons (Fsp3) is 0.102. The molecule has 0 saturated carbocycles. The molecule has 2 aromatic heterocycles. The molecule has 3 aliphatic rings. The quantitative estimate of drug-likeness (QED) is 0.186. The van der Waals surface area contributed by atoms with Gasteiger partial charge in [-0.05, 0) is 118 Å². The molecule has 1 unspecified atom stereocenters. The van der Waals surface area contributed by atoms with E-state index >= 15 is 0 Å². The monoisotopic (exact) mass is 653 g/mol. The fourth-order valence-electron chi connectivity index (χ4n) is 9.26. The summed E-state index contributed by atoms with van der Waals surface area (Å²) < 4.78 is 8.90. The van der Waals surface area contributed by atoms with Crippen LogP contribution in [0.4, 0.5) is 0 Å². The van der Waals surface area contributed by atoms with Gasteiger partial charge in [-0.1, -0.05) is 110 Å². The molecule has 1 aliphatic heterocycles. The molecule has 6 aromatic carbocycles. The molecule has 242 valence electrons. The highest BCUT2D eigenvalue weighted by Gasteiger charge is 2.28. The number of allylic oxidation sites excluding steroid dienone is 8. The molecule has 2 heteroatoms. The van der Waals surface area contributed by atoms with Gasteiger partial charge in [-0.3, -0.25) is 0 Å². The lowest BCUT2D eigenvalue weighted by Crippen LogP contribution is -2.05. The van der Waals surface area contributed by atoms with E-state index in [0.717, 1.165) is 29.4 Å². The number of aryl methyl sites for hydroxylation is 1. The van der Waals surface area contributed by atoms with Gasteiger partial charge in [0.2, 0.25) is 0 Å². The van der Waals surface area contributed by atoms with E-state index in [-0.39, 0.29) is 0 Å². The third kappa shape index (κ3) is 4.05. The second-order valence-corrected chi connectivity index (χ2v) is 14.5. The SMILES string of the molecule is Cc1cccc2c1-c1cc(C3=C(C4=CC=CCC4C)CC=C3)ccc1-n1c3ccccc3c3cc(-c4cccc5oc6ccccc6c45)cc-2c31. The van der Waals surface area contributed by atoms with Crippen LogP contribution in [0.2, 0.25) is 0 Å². The summed E-state index contributed by atoms with van der Waals surface area (Å²) in [6.45, 7) is 4.63. The highest BCUT2D eigenvalue weighted by atomic mass is 16.3. The van der Waals surface area contributed by atoms with Gasteiger partial charge < -0.3 is 8.98 Å². The summed E-state index contributed by atoms with van der Waals surface area (Å²) in [5, 5.41) is 4.85. The average Bonchev–Trinajstić information content (AvgIpc) is 3.87. The van der Waals surface area contributed by atoms with Crippen LogP contribution in [0.1, 0.15) is 30.9 Å². The number of benzene rings is 6. The Hall–Kier alpha value is -6.12. The predicted molar refractivity (Wildman–Crippen MR) is 214 cm³/mol. The number of rotatable bonds is 3. The van der Waals surface area contributed by atoms with Crippen LogP contribution in [0.15, 0.2) is 161 Å². The summed E-state index contributed by atoms with van der Waals surface area (Å²) in [6.07, 6.45) is 13.6. The van der Waals surface area contributed by atoms with E-state index < -0.39 is 0 Å². The molecule has 2 aliphatic carbocycles. The van der Waals surface area contributed by atoms with E-state index in [2.05, 4.69) is 158 Å². The number of hydrogen-bond acceptors (Lipinski definition) is 1. The second-order valence-electron chi connectivity index (χ2n) is 14.5. The van der Waals surface area contributed by atoms with Crippen LogP contribution < -0.4 is 0 Å². The Labute approximate surface area is 297 Å². The molecule has 2 nitrogen and oxygen atoms in total. The van der Waals surface area contributed by atoms with Crippen molar-refractivity contribution >= 4 is 49.3 Å². The molecule has 1 atom stereocenters. The van der Waals surface area contributed by atoms with Crippen molar-refractivity contribution in [2.75, 3.05) is 0 Å². The van der Waals surface area contributed by atoms with E-state index in [4.69, 9.17) is 4.42 Å². The third-order valence-corrected chi connectivity index (χ3v) is 11.6. The Morgan fingerprint density at radius 3 is 2.39 bits per heavy atom. The van der Waals surface area contributed by atoms with E-state index in [1.54, 1.807) is 0 Å². The van der Waals surface area contributed by atoms with Crippen LogP contribution in [0.5, 0.6) is 0 Å². The molecule has 0 spiro atoms. The number of fused-ring (bicyclic) bond motifs is 11. The predicted octanol–water partition coefficient (Wildman–Crippen LogP) is 13.5. The first-order chi connectivity index (χ1) is 25.1. The summed E-state index contributed by atoms with van der Waals surface area (Å²) >= 11 is 0. The molecule has 0 N–H and O–H groups in total. The van der Waals surface area contributed by atoms with Gasteiger partial charge in [0.25, 0.3) is 0 Å². The van der Waals surface area contributed by atoms with Gasteiger partial charge in [0.1, 0.15) is 11.2 Å². The second kappa shape index (κ2) is 10.7. The lowest BCUT2D eigenvalue weighted by Gasteiger charge is -2.21. The summed E-state index contributed by atoms with van der Waals surface area (Å²) in [4.78, 5) is 0. The molecular formula is C49H35NO. The number of aromatic nitrogens is 1. The molecule has 0 fully saturated rings. The van der Waals surface area contributed by atoms with Gasteiger partial charge in [-0.15, -0.1) is 0 Å². The van der Waals surface area contributed by atoms with Crippen molar-refractivity contribution in [1.29, 1.82) is 0 Å². The summed E-state index contributed by atoms with van der Waals surface area (Å²) in [5.41, 5.74) is 19.9. The maximum atomic E-state index is 6.36. The largest absolute Gasteiger partial charge is 0.456 e. The van der Waals surface area contributed by atoms with Crippen molar-refractivity contribution in [1.82, 2.24) is 4.57 Å². The third-order valence-electron chi connectivity index (χ3n) is 11.6. The first-order valence-electron chi connectivity index (χ1n) is 18.1. The van der Waals surface area contributed by atoms with Gasteiger partial charge >= 0.3 is 0 Å². The topological polar surface area (TPSA) is 18.1 Å². The minimum absolute atomic E-state index is 0.526. The van der Waals surface area contributed by atoms with Crippen LogP contribution in [0, 0.1) is 12.8 Å². The van der Waals surface area contributed by atoms with Crippen molar-refractivity contribution in [2.45, 2.75) is 26.7 Å². The van der Waals surface area contributed by atoms with Crippen molar-refractivity contribution in [2.24, 2.45) is 5.92 Å².